The van der Waals surface area contributed by atoms with E-state index in [2.05, 4.69) is 10.2 Å². The van der Waals surface area contributed by atoms with Crippen molar-refractivity contribution in [3.05, 3.63) is 93.4 Å². The highest BCUT2D eigenvalue weighted by Gasteiger charge is 2.23. The van der Waals surface area contributed by atoms with Crippen LogP contribution in [0.2, 0.25) is 0 Å². The number of halogens is 1. The molecule has 3 aromatic rings. The highest BCUT2D eigenvalue weighted by atomic mass is 32.1. The van der Waals surface area contributed by atoms with E-state index in [9.17, 15) is 14.0 Å². The predicted molar refractivity (Wildman–Crippen MR) is 147 cm³/mol. The summed E-state index contributed by atoms with van der Waals surface area (Å²) in [7, 11) is 0. The zero-order chi connectivity index (χ0) is 26.7. The molecule has 0 radical (unpaired) electrons. The first-order valence-corrected chi connectivity index (χ1v) is 13.8. The first-order valence-electron chi connectivity index (χ1n) is 12.9. The van der Waals surface area contributed by atoms with Gasteiger partial charge in [0.25, 0.3) is 0 Å². The lowest BCUT2D eigenvalue weighted by atomic mass is 10.2. The number of urea groups is 1. The van der Waals surface area contributed by atoms with E-state index in [1.54, 1.807) is 33.3 Å². The van der Waals surface area contributed by atoms with Crippen molar-refractivity contribution in [3.8, 4) is 0 Å². The summed E-state index contributed by atoms with van der Waals surface area (Å²) in [6.07, 6.45) is 0. The lowest BCUT2D eigenvalue weighted by Crippen LogP contribution is -2.49. The number of carbonyl (C=O) groups excluding carboxylic acids is 2. The van der Waals surface area contributed by atoms with Crippen LogP contribution in [0.25, 0.3) is 0 Å². The fourth-order valence-electron chi connectivity index (χ4n) is 4.27. The number of nitrogens with one attached hydrogen (secondary N) is 1. The summed E-state index contributed by atoms with van der Waals surface area (Å²) in [6.45, 7) is 7.18. The van der Waals surface area contributed by atoms with Crippen LogP contribution in [0.15, 0.2) is 66.0 Å². The molecule has 0 unspecified atom stereocenters. The van der Waals surface area contributed by atoms with Gasteiger partial charge >= 0.3 is 6.03 Å². The van der Waals surface area contributed by atoms with Gasteiger partial charge in [0.2, 0.25) is 5.91 Å². The Kier molecular flexibility index (Phi) is 10.3. The molecule has 4 rings (SSSR count). The Morgan fingerprint density at radius 3 is 2.39 bits per heavy atom. The molecule has 38 heavy (non-hydrogen) atoms. The predicted octanol–water partition coefficient (Wildman–Crippen LogP) is 4.27. The lowest BCUT2D eigenvalue weighted by molar-refractivity contribution is -0.133. The van der Waals surface area contributed by atoms with Crippen molar-refractivity contribution < 1.29 is 18.7 Å². The Morgan fingerprint density at radius 1 is 0.974 bits per heavy atom. The van der Waals surface area contributed by atoms with E-state index in [4.69, 9.17) is 4.74 Å². The van der Waals surface area contributed by atoms with Crippen LogP contribution < -0.4 is 5.32 Å². The zero-order valence-electron chi connectivity index (χ0n) is 21.8. The largest absolute Gasteiger partial charge is 0.379 e. The lowest BCUT2D eigenvalue weighted by Gasteiger charge is -2.31. The maximum atomic E-state index is 13.7. The van der Waals surface area contributed by atoms with E-state index in [1.807, 2.05) is 48.7 Å². The third-order valence-corrected chi connectivity index (χ3v) is 7.64. The van der Waals surface area contributed by atoms with Crippen LogP contribution in [0, 0.1) is 12.7 Å². The van der Waals surface area contributed by atoms with Gasteiger partial charge in [0.1, 0.15) is 12.4 Å². The van der Waals surface area contributed by atoms with Gasteiger partial charge in [-0.2, -0.15) is 0 Å². The molecular formula is C29H35FN4O3S. The molecule has 0 bridgehead atoms. The first-order chi connectivity index (χ1) is 18.5. The van der Waals surface area contributed by atoms with E-state index in [0.29, 0.717) is 45.9 Å². The van der Waals surface area contributed by atoms with Crippen LogP contribution >= 0.6 is 11.3 Å². The van der Waals surface area contributed by atoms with Crippen molar-refractivity contribution in [3.63, 3.8) is 0 Å². The summed E-state index contributed by atoms with van der Waals surface area (Å²) in [5.41, 5.74) is 2.95. The number of aryl methyl sites for hydroxylation is 1. The Hall–Kier alpha value is -3.27. The molecule has 1 saturated heterocycles. The van der Waals surface area contributed by atoms with Crippen LogP contribution in [-0.2, 0) is 29.2 Å². The third-order valence-electron chi connectivity index (χ3n) is 6.63. The molecule has 2 aromatic carbocycles. The van der Waals surface area contributed by atoms with Crippen molar-refractivity contribution >= 4 is 23.3 Å². The summed E-state index contributed by atoms with van der Waals surface area (Å²) < 4.78 is 18.9. The highest BCUT2D eigenvalue weighted by Crippen LogP contribution is 2.20. The number of hydrogen-bond acceptors (Lipinski definition) is 5. The minimum Gasteiger partial charge on any atom is -0.379 e. The molecule has 0 saturated carbocycles. The molecule has 1 N–H and O–H groups in total. The van der Waals surface area contributed by atoms with Gasteiger partial charge < -0.3 is 19.9 Å². The van der Waals surface area contributed by atoms with Gasteiger partial charge in [-0.3, -0.25) is 9.69 Å². The summed E-state index contributed by atoms with van der Waals surface area (Å²) in [6, 6.07) is 17.7. The van der Waals surface area contributed by atoms with Gasteiger partial charge in [0, 0.05) is 44.1 Å². The zero-order valence-corrected chi connectivity index (χ0v) is 22.6. The maximum Gasteiger partial charge on any atom is 0.318 e. The van der Waals surface area contributed by atoms with E-state index >= 15 is 0 Å². The standard InChI is InChI=1S/C29H35FN4O3S/c1-23-11-18-38-27(23)21-34(20-25-7-9-26(30)10-8-25)28(35)22-33(13-12-32-14-16-37-17-15-32)29(36)31-19-24-5-3-2-4-6-24/h2-11,18H,12-17,19-22H2,1H3,(H,31,36). The van der Waals surface area contributed by atoms with Gasteiger partial charge in [-0.1, -0.05) is 42.5 Å². The molecular weight excluding hydrogens is 503 g/mol. The molecule has 9 heteroatoms. The number of rotatable bonds is 11. The van der Waals surface area contributed by atoms with E-state index in [-0.39, 0.29) is 24.3 Å². The Balaban J connectivity index is 1.47. The molecule has 202 valence electrons. The SMILES string of the molecule is Cc1ccsc1CN(Cc1ccc(F)cc1)C(=O)CN(CCN1CCOCC1)C(=O)NCc1ccccc1. The van der Waals surface area contributed by atoms with Crippen LogP contribution in [0.5, 0.6) is 0 Å². The van der Waals surface area contributed by atoms with Crippen LogP contribution in [0.3, 0.4) is 0 Å². The molecule has 3 amide bonds. The number of ether oxygens (including phenoxy) is 1. The highest BCUT2D eigenvalue weighted by molar-refractivity contribution is 7.10. The second-order valence-corrected chi connectivity index (χ2v) is 10.4. The van der Waals surface area contributed by atoms with Crippen LogP contribution in [0.4, 0.5) is 9.18 Å². The summed E-state index contributed by atoms with van der Waals surface area (Å²) in [5.74, 6) is -0.468. The number of benzene rings is 2. The van der Waals surface area contributed by atoms with Crippen molar-refractivity contribution in [2.45, 2.75) is 26.6 Å². The van der Waals surface area contributed by atoms with Crippen LogP contribution in [0.1, 0.15) is 21.6 Å². The fourth-order valence-corrected chi connectivity index (χ4v) is 5.19. The minimum atomic E-state index is -0.315. The van der Waals surface area contributed by atoms with Gasteiger partial charge in [-0.05, 0) is 47.2 Å². The fraction of sp³-hybridized carbons (Fsp3) is 0.379. The first kappa shape index (κ1) is 27.8. The molecule has 1 aliphatic rings. The monoisotopic (exact) mass is 538 g/mol. The van der Waals surface area contributed by atoms with Crippen molar-refractivity contribution in [2.24, 2.45) is 0 Å². The molecule has 0 aliphatic carbocycles. The summed E-state index contributed by atoms with van der Waals surface area (Å²) in [5, 5.41) is 4.99. The molecule has 0 atom stereocenters. The van der Waals surface area contributed by atoms with Crippen molar-refractivity contribution in [1.82, 2.24) is 20.0 Å². The van der Waals surface area contributed by atoms with E-state index in [0.717, 1.165) is 34.7 Å². The third kappa shape index (κ3) is 8.37. The quantitative estimate of drug-likeness (QED) is 0.396. The molecule has 1 aliphatic heterocycles. The summed E-state index contributed by atoms with van der Waals surface area (Å²) in [4.78, 5) is 33.7. The van der Waals surface area contributed by atoms with Crippen molar-refractivity contribution in [2.75, 3.05) is 45.9 Å². The van der Waals surface area contributed by atoms with Gasteiger partial charge in [-0.15, -0.1) is 11.3 Å². The molecule has 1 fully saturated rings. The van der Waals surface area contributed by atoms with Crippen LogP contribution in [-0.4, -0.2) is 72.6 Å². The second kappa shape index (κ2) is 14.0. The van der Waals surface area contributed by atoms with Gasteiger partial charge in [-0.25, -0.2) is 9.18 Å². The number of nitrogens with zero attached hydrogens (tertiary/aromatic N) is 3. The smallest absolute Gasteiger partial charge is 0.318 e. The topological polar surface area (TPSA) is 65.1 Å². The number of carbonyl (C=O) groups is 2. The van der Waals surface area contributed by atoms with Gasteiger partial charge in [0.05, 0.1) is 19.8 Å². The Labute approximate surface area is 227 Å². The van der Waals surface area contributed by atoms with E-state index < -0.39 is 0 Å². The normalized spacial score (nSPS) is 13.7. The number of thiophene rings is 1. The molecule has 2 heterocycles. The average molecular weight is 539 g/mol. The number of hydrogen-bond donors (Lipinski definition) is 1. The average Bonchev–Trinajstić information content (AvgIpc) is 3.35. The van der Waals surface area contributed by atoms with Crippen molar-refractivity contribution in [1.29, 1.82) is 0 Å². The molecule has 1 aromatic heterocycles. The van der Waals surface area contributed by atoms with E-state index in [1.165, 1.54) is 12.1 Å². The number of amides is 3. The second-order valence-electron chi connectivity index (χ2n) is 9.42. The number of morpholine rings is 1. The minimum absolute atomic E-state index is 0.0451. The maximum absolute atomic E-state index is 13.7. The Bertz CT molecular complexity index is 1170. The molecule has 7 nitrogen and oxygen atoms in total. The van der Waals surface area contributed by atoms with Gasteiger partial charge in [0.15, 0.2) is 0 Å². The Morgan fingerprint density at radius 2 is 1.71 bits per heavy atom. The molecule has 0 spiro atoms. The summed E-state index contributed by atoms with van der Waals surface area (Å²) >= 11 is 1.60.